The second-order valence-corrected chi connectivity index (χ2v) is 18.9. The van der Waals surface area contributed by atoms with Gasteiger partial charge in [-0.05, 0) is 104 Å². The van der Waals surface area contributed by atoms with Crippen LogP contribution in [-0.2, 0) is 10.0 Å². The van der Waals surface area contributed by atoms with Crippen LogP contribution in [0, 0.1) is 5.92 Å². The highest BCUT2D eigenvalue weighted by molar-refractivity contribution is 7.90. The number of hydrogen-bond donors (Lipinski definition) is 3. The number of allylic oxidation sites excluding steroid dienone is 1. The molecule has 3 aromatic carbocycles. The Kier molecular flexibility index (Phi) is 12.3. The van der Waals surface area contributed by atoms with Gasteiger partial charge in [0.05, 0.1) is 41.1 Å². The average molecular weight is 896 g/mol. The van der Waals surface area contributed by atoms with Gasteiger partial charge in [0.2, 0.25) is 5.88 Å². The van der Waals surface area contributed by atoms with E-state index in [1.165, 1.54) is 12.1 Å². The number of anilines is 1. The number of halogens is 4. The van der Waals surface area contributed by atoms with Crippen LogP contribution in [0.2, 0.25) is 10.0 Å². The summed E-state index contributed by atoms with van der Waals surface area (Å²) in [7, 11) is -4.46. The van der Waals surface area contributed by atoms with Crippen LogP contribution in [0.5, 0.6) is 17.4 Å². The summed E-state index contributed by atoms with van der Waals surface area (Å²) in [6.07, 6.45) is 5.36. The van der Waals surface area contributed by atoms with E-state index in [1.54, 1.807) is 42.6 Å². The molecule has 2 fully saturated rings. The molecule has 0 spiro atoms. The van der Waals surface area contributed by atoms with Crippen molar-refractivity contribution >= 4 is 61.3 Å². The van der Waals surface area contributed by atoms with Crippen molar-refractivity contribution in [3.63, 3.8) is 0 Å². The van der Waals surface area contributed by atoms with Crippen LogP contribution < -0.4 is 19.1 Å². The van der Waals surface area contributed by atoms with E-state index in [1.807, 2.05) is 25.1 Å². The topological polar surface area (TPSA) is 150 Å². The third kappa shape index (κ3) is 10.1. The van der Waals surface area contributed by atoms with Crippen LogP contribution in [0.1, 0.15) is 67.8 Å². The zero-order valence-electron chi connectivity index (χ0n) is 33.5. The molecular formula is C44H46Cl2F2N6O6S. The first kappa shape index (κ1) is 42.9. The highest BCUT2D eigenvalue weighted by Crippen LogP contribution is 2.42. The van der Waals surface area contributed by atoms with E-state index in [4.69, 9.17) is 32.7 Å². The average Bonchev–Trinajstić information content (AvgIpc) is 3.71. The molecule has 61 heavy (non-hydrogen) atoms. The number of ether oxygens (including phenoxy) is 2. The summed E-state index contributed by atoms with van der Waals surface area (Å²) in [6.45, 7) is 4.87. The second-order valence-electron chi connectivity index (χ2n) is 16.4. The van der Waals surface area contributed by atoms with Crippen molar-refractivity contribution < 1.29 is 36.6 Å². The third-order valence-electron chi connectivity index (χ3n) is 11.8. The highest BCUT2D eigenvalue weighted by atomic mass is 35.5. The van der Waals surface area contributed by atoms with Gasteiger partial charge in [-0.1, -0.05) is 41.4 Å². The van der Waals surface area contributed by atoms with E-state index < -0.39 is 27.5 Å². The molecule has 322 valence electrons. The minimum atomic E-state index is -4.46. The molecule has 0 radical (unpaired) electrons. The molecule has 3 N–H and O–H groups in total. The smallest absolute Gasteiger partial charge is 0.268 e. The van der Waals surface area contributed by atoms with Crippen molar-refractivity contribution in [3.05, 3.63) is 106 Å². The van der Waals surface area contributed by atoms with Crippen LogP contribution in [0.15, 0.2) is 89.6 Å². The Morgan fingerprint density at radius 2 is 1.74 bits per heavy atom. The number of pyridine rings is 1. The summed E-state index contributed by atoms with van der Waals surface area (Å²) in [5.74, 6) is -2.94. The first-order chi connectivity index (χ1) is 29.1. The van der Waals surface area contributed by atoms with Crippen molar-refractivity contribution in [2.45, 2.75) is 68.3 Å². The number of H-pyrrole nitrogens is 1. The number of nitrogens with one attached hydrogen (secondary N) is 2. The number of nitrogens with zero attached hydrogens (tertiary/aromatic N) is 4. The minimum absolute atomic E-state index is 0.0322. The SMILES string of the molecule is CC1(O)CCC(COc2ncc(S(=O)(=O)NC(=O)c3ccc(N4CCN(CC5=C(c6ccc(Cl)cc6)CCC(F)(F)C5)CC4)cc3Oc3cccc4[nH]ncc34)cc2Cl)CC1. The largest absolute Gasteiger partial charge is 0.476 e. The number of aromatic amines is 1. The third-order valence-corrected chi connectivity index (χ3v) is 13.6. The van der Waals surface area contributed by atoms with Gasteiger partial charge >= 0.3 is 0 Å². The molecule has 1 saturated heterocycles. The van der Waals surface area contributed by atoms with Crippen molar-refractivity contribution in [2.75, 3.05) is 44.2 Å². The number of fused-ring (bicyclic) bond motifs is 1. The second kappa shape index (κ2) is 17.5. The van der Waals surface area contributed by atoms with Gasteiger partial charge in [0.1, 0.15) is 21.4 Å². The number of alkyl halides is 2. The Balaban J connectivity index is 0.983. The number of sulfonamides is 1. The molecule has 0 bridgehead atoms. The predicted octanol–water partition coefficient (Wildman–Crippen LogP) is 8.89. The van der Waals surface area contributed by atoms with Gasteiger partial charge in [0.25, 0.3) is 21.9 Å². The maximum atomic E-state index is 14.7. The summed E-state index contributed by atoms with van der Waals surface area (Å²) < 4.78 is 70.9. The van der Waals surface area contributed by atoms with Crippen molar-refractivity contribution in [3.8, 4) is 17.4 Å². The van der Waals surface area contributed by atoms with Crippen molar-refractivity contribution in [2.24, 2.45) is 5.92 Å². The van der Waals surface area contributed by atoms with E-state index in [2.05, 4.69) is 29.7 Å². The number of carbonyl (C=O) groups excluding carboxylic acids is 1. The van der Waals surface area contributed by atoms with Crippen LogP contribution >= 0.6 is 23.2 Å². The Hall–Kier alpha value is -4.80. The summed E-state index contributed by atoms with van der Waals surface area (Å²) >= 11 is 12.5. The molecule has 0 atom stereocenters. The van der Waals surface area contributed by atoms with Crippen LogP contribution in [0.3, 0.4) is 0 Å². The normalized spacial score (nSPS) is 21.1. The van der Waals surface area contributed by atoms with Crippen LogP contribution in [0.4, 0.5) is 14.5 Å². The van der Waals surface area contributed by atoms with Crippen LogP contribution in [-0.4, -0.2) is 90.4 Å². The lowest BCUT2D eigenvalue weighted by atomic mass is 9.80. The number of hydrogen-bond acceptors (Lipinski definition) is 10. The van der Waals surface area contributed by atoms with E-state index in [-0.39, 0.29) is 45.9 Å². The minimum Gasteiger partial charge on any atom is -0.476 e. The predicted molar refractivity (Wildman–Crippen MR) is 230 cm³/mol. The molecule has 3 heterocycles. The molecule has 2 aliphatic carbocycles. The summed E-state index contributed by atoms with van der Waals surface area (Å²) in [5, 5.41) is 18.5. The molecule has 3 aliphatic rings. The van der Waals surface area contributed by atoms with Gasteiger partial charge in [0.15, 0.2) is 0 Å². The monoisotopic (exact) mass is 894 g/mol. The van der Waals surface area contributed by atoms with Gasteiger partial charge in [-0.25, -0.2) is 26.9 Å². The maximum absolute atomic E-state index is 14.7. The molecule has 1 saturated carbocycles. The number of benzene rings is 3. The summed E-state index contributed by atoms with van der Waals surface area (Å²) in [5.41, 5.74) is 3.29. The fourth-order valence-electron chi connectivity index (χ4n) is 8.27. The zero-order valence-corrected chi connectivity index (χ0v) is 35.8. The fourth-order valence-corrected chi connectivity index (χ4v) is 9.61. The molecule has 2 aromatic heterocycles. The van der Waals surface area contributed by atoms with Crippen molar-refractivity contribution in [1.29, 1.82) is 0 Å². The highest BCUT2D eigenvalue weighted by Gasteiger charge is 2.37. The Bertz CT molecular complexity index is 2550. The van der Waals surface area contributed by atoms with Gasteiger partial charge in [0, 0.05) is 62.3 Å². The lowest BCUT2D eigenvalue weighted by Gasteiger charge is -2.38. The Labute approximate surface area is 362 Å². The standard InChI is InChI=1S/C44H46Cl2F2N6O6S/c1-43(56)14-11-28(12-15-43)27-59-42-37(46)22-33(24-49-42)61(57,58)52-41(55)35-10-9-32(21-40(35)60-39-4-2-3-38-36(39)25-50-51-38)54-19-17-53(18-20-54)26-30-23-44(47,48)16-13-34(30)29-5-7-31(45)8-6-29/h2-10,21-22,24-25,28,56H,11-20,23,26-27H2,1H3,(H,50,51)(H,52,55). The van der Waals surface area contributed by atoms with Gasteiger partial charge in [-0.3, -0.25) is 14.8 Å². The van der Waals surface area contributed by atoms with E-state index in [0.29, 0.717) is 80.3 Å². The molecule has 5 aromatic rings. The number of rotatable bonds is 12. The first-order valence-corrected chi connectivity index (χ1v) is 22.5. The molecule has 12 nitrogen and oxygen atoms in total. The fraction of sp³-hybridized carbons (Fsp3) is 0.386. The molecule has 17 heteroatoms. The van der Waals surface area contributed by atoms with Crippen molar-refractivity contribution in [1.82, 2.24) is 24.8 Å². The maximum Gasteiger partial charge on any atom is 0.268 e. The number of aromatic nitrogens is 3. The molecular weight excluding hydrogens is 849 g/mol. The number of aliphatic hydroxyl groups is 1. The lowest BCUT2D eigenvalue weighted by Crippen LogP contribution is -2.47. The van der Waals surface area contributed by atoms with Gasteiger partial charge in [-0.2, -0.15) is 5.10 Å². The summed E-state index contributed by atoms with van der Waals surface area (Å²) in [6, 6.07) is 18.8. The number of carbonyl (C=O) groups is 1. The number of amides is 1. The Morgan fingerprint density at radius 3 is 2.48 bits per heavy atom. The zero-order chi connectivity index (χ0) is 42.9. The molecule has 1 amide bonds. The Morgan fingerprint density at radius 1 is 0.984 bits per heavy atom. The quantitative estimate of drug-likeness (QED) is 0.111. The molecule has 8 rings (SSSR count). The van der Waals surface area contributed by atoms with E-state index >= 15 is 0 Å². The van der Waals surface area contributed by atoms with E-state index in [0.717, 1.165) is 41.4 Å². The first-order valence-electron chi connectivity index (χ1n) is 20.3. The van der Waals surface area contributed by atoms with E-state index in [9.17, 15) is 27.1 Å². The van der Waals surface area contributed by atoms with Gasteiger partial charge < -0.3 is 19.5 Å². The summed E-state index contributed by atoms with van der Waals surface area (Å²) in [4.78, 5) is 22.0. The number of piperazine rings is 1. The molecule has 1 aliphatic heterocycles. The van der Waals surface area contributed by atoms with Gasteiger partial charge in [-0.15, -0.1) is 0 Å². The van der Waals surface area contributed by atoms with Crippen LogP contribution in [0.25, 0.3) is 16.5 Å². The lowest BCUT2D eigenvalue weighted by molar-refractivity contribution is -0.0109. The molecule has 0 unspecified atom stereocenters.